The van der Waals surface area contributed by atoms with Crippen molar-refractivity contribution in [2.45, 2.75) is 19.4 Å². The average molecular weight is 204 g/mol. The Morgan fingerprint density at radius 3 is 3.07 bits per heavy atom. The van der Waals surface area contributed by atoms with Crippen molar-refractivity contribution in [2.24, 2.45) is 5.73 Å². The maximum absolute atomic E-state index is 5.66. The number of hydrogen-bond donors (Lipinski definition) is 2. The number of hydrogen-bond acceptors (Lipinski definition) is 4. The molecule has 1 rings (SSSR count). The highest BCUT2D eigenvalue weighted by Gasteiger charge is 2.08. The van der Waals surface area contributed by atoms with Gasteiger partial charge in [-0.25, -0.2) is 9.97 Å². The van der Waals surface area contributed by atoms with E-state index >= 15 is 0 Å². The van der Waals surface area contributed by atoms with E-state index in [1.54, 1.807) is 6.20 Å². The fraction of sp³-hybridized carbons (Fsp3) is 0.455. The summed E-state index contributed by atoms with van der Waals surface area (Å²) in [7, 11) is 0. The summed E-state index contributed by atoms with van der Waals surface area (Å²) in [5.41, 5.74) is 6.59. The van der Waals surface area contributed by atoms with Crippen LogP contribution in [-0.4, -0.2) is 23.1 Å². The van der Waals surface area contributed by atoms with E-state index in [0.717, 1.165) is 18.7 Å². The zero-order chi connectivity index (χ0) is 10.9. The highest BCUT2D eigenvalue weighted by Crippen LogP contribution is 2.05. The van der Waals surface area contributed by atoms with Crippen LogP contribution in [0.25, 0.3) is 0 Å². The normalized spacial score (nSPS) is 11.6. The number of aromatic nitrogens is 2. The van der Waals surface area contributed by atoms with Crippen molar-refractivity contribution < 1.29 is 0 Å². The van der Waals surface area contributed by atoms with E-state index in [-0.39, 0.29) is 6.04 Å². The summed E-state index contributed by atoms with van der Waals surface area (Å²) in [6.45, 7) is 3.19. The van der Waals surface area contributed by atoms with Gasteiger partial charge >= 0.3 is 0 Å². The van der Waals surface area contributed by atoms with Crippen LogP contribution in [0.1, 0.15) is 25.1 Å². The molecule has 1 aromatic rings. The number of rotatable bonds is 5. The van der Waals surface area contributed by atoms with E-state index in [4.69, 9.17) is 5.73 Å². The van der Waals surface area contributed by atoms with Gasteiger partial charge in [-0.05, 0) is 13.0 Å². The molecule has 4 heteroatoms. The molecule has 0 saturated heterocycles. The van der Waals surface area contributed by atoms with E-state index in [1.807, 2.05) is 13.0 Å². The largest absolute Gasteiger partial charge is 0.329 e. The summed E-state index contributed by atoms with van der Waals surface area (Å²) in [6.07, 6.45) is 4.09. The summed E-state index contributed by atoms with van der Waals surface area (Å²) < 4.78 is 0. The molecule has 0 spiro atoms. The second-order valence-corrected chi connectivity index (χ2v) is 3.05. The Balaban J connectivity index is 2.45. The Kier molecular flexibility index (Phi) is 5.38. The smallest absolute Gasteiger partial charge is 0.115 e. The summed E-state index contributed by atoms with van der Waals surface area (Å²) in [6, 6.07) is 1.96. The third-order valence-corrected chi connectivity index (χ3v) is 2.02. The van der Waals surface area contributed by atoms with E-state index in [2.05, 4.69) is 27.1 Å². The first-order chi connectivity index (χ1) is 7.38. The Morgan fingerprint density at radius 1 is 1.60 bits per heavy atom. The minimum absolute atomic E-state index is 0.0895. The molecular formula is C11H16N4. The SMILES string of the molecule is CC#CCCNC(CN)c1ccncn1. The number of nitrogens with zero attached hydrogens (tertiary/aromatic N) is 2. The van der Waals surface area contributed by atoms with Crippen LogP contribution in [0.4, 0.5) is 0 Å². The molecule has 0 aliphatic rings. The van der Waals surface area contributed by atoms with Gasteiger partial charge in [0, 0.05) is 25.7 Å². The summed E-state index contributed by atoms with van der Waals surface area (Å²) in [5.74, 6) is 5.85. The second kappa shape index (κ2) is 6.93. The number of nitrogens with two attached hydrogens (primary N) is 1. The Bertz CT molecular complexity index is 325. The van der Waals surface area contributed by atoms with E-state index in [9.17, 15) is 0 Å². The van der Waals surface area contributed by atoms with Crippen LogP contribution in [0.3, 0.4) is 0 Å². The maximum atomic E-state index is 5.66. The van der Waals surface area contributed by atoms with Crippen molar-refractivity contribution in [3.05, 3.63) is 24.3 Å². The van der Waals surface area contributed by atoms with Gasteiger partial charge in [-0.1, -0.05) is 0 Å². The lowest BCUT2D eigenvalue weighted by molar-refractivity contribution is 0.537. The third-order valence-electron chi connectivity index (χ3n) is 2.02. The van der Waals surface area contributed by atoms with Crippen LogP contribution in [0.15, 0.2) is 18.6 Å². The predicted molar refractivity (Wildman–Crippen MR) is 59.9 cm³/mol. The van der Waals surface area contributed by atoms with Gasteiger partial charge in [-0.3, -0.25) is 0 Å². The van der Waals surface area contributed by atoms with Crippen LogP contribution in [0.2, 0.25) is 0 Å². The Labute approximate surface area is 90.3 Å². The van der Waals surface area contributed by atoms with Gasteiger partial charge in [0.25, 0.3) is 0 Å². The Morgan fingerprint density at radius 2 is 2.47 bits per heavy atom. The second-order valence-electron chi connectivity index (χ2n) is 3.05. The standard InChI is InChI=1S/C11H16N4/c1-2-3-4-6-14-11(8-12)10-5-7-13-9-15-10/h5,7,9,11,14H,4,6,8,12H2,1H3. The van der Waals surface area contributed by atoms with E-state index in [1.165, 1.54) is 6.33 Å². The molecule has 0 bridgehead atoms. The van der Waals surface area contributed by atoms with Crippen LogP contribution in [0, 0.1) is 11.8 Å². The van der Waals surface area contributed by atoms with Crippen molar-refractivity contribution in [3.8, 4) is 11.8 Å². The zero-order valence-electron chi connectivity index (χ0n) is 8.90. The third kappa shape index (κ3) is 4.07. The minimum atomic E-state index is 0.0895. The topological polar surface area (TPSA) is 63.8 Å². The van der Waals surface area contributed by atoms with Gasteiger partial charge in [0.2, 0.25) is 0 Å². The van der Waals surface area contributed by atoms with Crippen LogP contribution < -0.4 is 11.1 Å². The van der Waals surface area contributed by atoms with Crippen molar-refractivity contribution in [2.75, 3.05) is 13.1 Å². The molecule has 0 aliphatic heterocycles. The van der Waals surface area contributed by atoms with Gasteiger partial charge in [0.15, 0.2) is 0 Å². The van der Waals surface area contributed by atoms with Crippen molar-refractivity contribution >= 4 is 0 Å². The minimum Gasteiger partial charge on any atom is -0.329 e. The zero-order valence-corrected chi connectivity index (χ0v) is 8.90. The first kappa shape index (κ1) is 11.6. The average Bonchev–Trinajstić information content (AvgIpc) is 2.30. The molecule has 4 nitrogen and oxygen atoms in total. The molecule has 15 heavy (non-hydrogen) atoms. The molecule has 1 atom stereocenters. The van der Waals surface area contributed by atoms with Crippen molar-refractivity contribution in [1.29, 1.82) is 0 Å². The molecule has 3 N–H and O–H groups in total. The quantitative estimate of drug-likeness (QED) is 0.541. The van der Waals surface area contributed by atoms with Crippen LogP contribution in [0.5, 0.6) is 0 Å². The molecule has 1 heterocycles. The first-order valence-electron chi connectivity index (χ1n) is 4.97. The lowest BCUT2D eigenvalue weighted by Gasteiger charge is -2.14. The van der Waals surface area contributed by atoms with E-state index < -0.39 is 0 Å². The van der Waals surface area contributed by atoms with Gasteiger partial charge in [-0.2, -0.15) is 0 Å². The summed E-state index contributed by atoms with van der Waals surface area (Å²) >= 11 is 0. The number of nitrogens with one attached hydrogen (secondary N) is 1. The lowest BCUT2D eigenvalue weighted by Crippen LogP contribution is -2.29. The molecule has 0 aromatic carbocycles. The van der Waals surface area contributed by atoms with Gasteiger partial charge in [0.1, 0.15) is 6.33 Å². The molecule has 0 amide bonds. The van der Waals surface area contributed by atoms with Gasteiger partial charge in [-0.15, -0.1) is 11.8 Å². The molecule has 0 saturated carbocycles. The van der Waals surface area contributed by atoms with Crippen molar-refractivity contribution in [3.63, 3.8) is 0 Å². The Hall–Kier alpha value is -1.44. The van der Waals surface area contributed by atoms with Crippen LogP contribution in [-0.2, 0) is 0 Å². The fourth-order valence-corrected chi connectivity index (χ4v) is 1.25. The molecule has 1 aromatic heterocycles. The molecular weight excluding hydrogens is 188 g/mol. The van der Waals surface area contributed by atoms with Crippen molar-refractivity contribution in [1.82, 2.24) is 15.3 Å². The van der Waals surface area contributed by atoms with Gasteiger partial charge in [0.05, 0.1) is 11.7 Å². The monoisotopic (exact) mass is 204 g/mol. The fourth-order valence-electron chi connectivity index (χ4n) is 1.25. The molecule has 80 valence electrons. The highest BCUT2D eigenvalue weighted by atomic mass is 15.0. The molecule has 0 fully saturated rings. The van der Waals surface area contributed by atoms with E-state index in [0.29, 0.717) is 6.54 Å². The molecule has 0 radical (unpaired) electrons. The predicted octanol–water partition coefficient (Wildman–Crippen LogP) is 0.479. The molecule has 1 unspecified atom stereocenters. The first-order valence-corrected chi connectivity index (χ1v) is 4.97. The summed E-state index contributed by atoms with van der Waals surface area (Å²) in [5, 5.41) is 3.30. The highest BCUT2D eigenvalue weighted by molar-refractivity contribution is 5.05. The van der Waals surface area contributed by atoms with Crippen LogP contribution >= 0.6 is 0 Å². The lowest BCUT2D eigenvalue weighted by atomic mass is 10.2. The maximum Gasteiger partial charge on any atom is 0.115 e. The van der Waals surface area contributed by atoms with Gasteiger partial charge < -0.3 is 11.1 Å². The summed E-state index contributed by atoms with van der Waals surface area (Å²) in [4.78, 5) is 8.03. The molecule has 0 aliphatic carbocycles.